The normalized spacial score (nSPS) is 19.4. The number of rotatable bonds is 7. The third kappa shape index (κ3) is 5.05. The number of benzene rings is 1. The molecular weight excluding hydrogens is 484 g/mol. The van der Waals surface area contributed by atoms with E-state index in [1.807, 2.05) is 31.2 Å². The SMILES string of the molecule is Cc1ccc(CNC(=O)C2CCCN(S(=O)(=O)c3cc(-c4noc(C5CCC5)n4)sc3C)C2)cc1. The summed E-state index contributed by atoms with van der Waals surface area (Å²) in [5.74, 6) is 0.918. The lowest BCUT2D eigenvalue weighted by Crippen LogP contribution is -2.45. The molecule has 0 spiro atoms. The van der Waals surface area contributed by atoms with Gasteiger partial charge in [0.1, 0.15) is 0 Å². The van der Waals surface area contributed by atoms with Gasteiger partial charge in [-0.15, -0.1) is 11.3 Å². The van der Waals surface area contributed by atoms with Crippen molar-refractivity contribution in [3.63, 3.8) is 0 Å². The minimum Gasteiger partial charge on any atom is -0.352 e. The van der Waals surface area contributed by atoms with Gasteiger partial charge in [-0.1, -0.05) is 41.4 Å². The minimum absolute atomic E-state index is 0.108. The van der Waals surface area contributed by atoms with Crippen LogP contribution in [0.4, 0.5) is 0 Å². The van der Waals surface area contributed by atoms with Crippen molar-refractivity contribution >= 4 is 27.3 Å². The van der Waals surface area contributed by atoms with E-state index in [2.05, 4.69) is 15.5 Å². The van der Waals surface area contributed by atoms with Crippen molar-refractivity contribution in [2.24, 2.45) is 5.92 Å². The van der Waals surface area contributed by atoms with E-state index in [1.165, 1.54) is 27.6 Å². The first-order valence-corrected chi connectivity index (χ1v) is 14.3. The molecule has 10 heteroatoms. The summed E-state index contributed by atoms with van der Waals surface area (Å²) >= 11 is 1.35. The number of sulfonamides is 1. The van der Waals surface area contributed by atoms with E-state index < -0.39 is 10.0 Å². The van der Waals surface area contributed by atoms with Crippen LogP contribution in [0.25, 0.3) is 10.7 Å². The van der Waals surface area contributed by atoms with Crippen molar-refractivity contribution in [3.8, 4) is 10.7 Å². The minimum atomic E-state index is -3.74. The zero-order chi connectivity index (χ0) is 24.6. The molecule has 5 rings (SSSR count). The number of amides is 1. The zero-order valence-electron chi connectivity index (χ0n) is 20.0. The summed E-state index contributed by atoms with van der Waals surface area (Å²) in [6.45, 7) is 4.84. The van der Waals surface area contributed by atoms with Gasteiger partial charge < -0.3 is 9.84 Å². The van der Waals surface area contributed by atoms with E-state index in [0.29, 0.717) is 53.3 Å². The summed E-state index contributed by atoms with van der Waals surface area (Å²) in [5.41, 5.74) is 2.19. The van der Waals surface area contributed by atoms with E-state index >= 15 is 0 Å². The maximum Gasteiger partial charge on any atom is 0.244 e. The molecule has 2 fully saturated rings. The number of nitrogens with zero attached hydrogens (tertiary/aromatic N) is 3. The second-order valence-corrected chi connectivity index (χ2v) is 12.7. The summed E-state index contributed by atoms with van der Waals surface area (Å²) in [5, 5.41) is 7.06. The highest BCUT2D eigenvalue weighted by Crippen LogP contribution is 2.38. The van der Waals surface area contributed by atoms with Gasteiger partial charge in [0.2, 0.25) is 27.6 Å². The standard InChI is InChI=1S/C25H30N4O4S2/c1-16-8-10-18(11-9-16)14-26-24(30)20-7-4-12-29(15-20)35(31,32)22-13-21(34-17(22)2)23-27-25(33-28-23)19-5-3-6-19/h8-11,13,19-20H,3-7,12,14-15H2,1-2H3,(H,26,30). The second kappa shape index (κ2) is 9.83. The topological polar surface area (TPSA) is 105 Å². The molecule has 1 aliphatic carbocycles. The van der Waals surface area contributed by atoms with Crippen LogP contribution in [0.5, 0.6) is 0 Å². The van der Waals surface area contributed by atoms with E-state index in [-0.39, 0.29) is 23.3 Å². The van der Waals surface area contributed by atoms with Crippen molar-refractivity contribution in [2.75, 3.05) is 13.1 Å². The number of aromatic nitrogens is 2. The Morgan fingerprint density at radius 3 is 2.66 bits per heavy atom. The lowest BCUT2D eigenvalue weighted by atomic mass is 9.85. The monoisotopic (exact) mass is 514 g/mol. The van der Waals surface area contributed by atoms with E-state index in [1.54, 1.807) is 13.0 Å². The molecule has 3 heterocycles. The summed E-state index contributed by atoms with van der Waals surface area (Å²) < 4.78 is 33.9. The number of piperidine rings is 1. The van der Waals surface area contributed by atoms with Crippen molar-refractivity contribution in [2.45, 2.75) is 63.3 Å². The Balaban J connectivity index is 1.27. The Kier molecular flexibility index (Phi) is 6.78. The first-order valence-electron chi connectivity index (χ1n) is 12.1. The number of hydrogen-bond acceptors (Lipinski definition) is 7. The Morgan fingerprint density at radius 1 is 1.17 bits per heavy atom. The number of carbonyl (C=O) groups excluding carboxylic acids is 1. The fraction of sp³-hybridized carbons (Fsp3) is 0.480. The maximum absolute atomic E-state index is 13.5. The first-order chi connectivity index (χ1) is 16.8. The molecule has 1 aliphatic heterocycles. The van der Waals surface area contributed by atoms with Crippen molar-refractivity contribution in [1.82, 2.24) is 19.8 Å². The first kappa shape index (κ1) is 24.1. The van der Waals surface area contributed by atoms with Crippen LogP contribution in [0.3, 0.4) is 0 Å². The largest absolute Gasteiger partial charge is 0.352 e. The van der Waals surface area contributed by atoms with Gasteiger partial charge in [-0.3, -0.25) is 4.79 Å². The summed E-state index contributed by atoms with van der Waals surface area (Å²) in [4.78, 5) is 19.0. The van der Waals surface area contributed by atoms with Gasteiger partial charge in [0, 0.05) is 30.4 Å². The second-order valence-electron chi connectivity index (χ2n) is 9.52. The van der Waals surface area contributed by atoms with Crippen LogP contribution in [0.15, 0.2) is 39.8 Å². The molecule has 1 N–H and O–H groups in total. The van der Waals surface area contributed by atoms with Crippen LogP contribution < -0.4 is 5.32 Å². The molecule has 2 aliphatic rings. The molecule has 2 aromatic heterocycles. The summed E-state index contributed by atoms with van der Waals surface area (Å²) in [7, 11) is -3.74. The number of aryl methyl sites for hydroxylation is 2. The molecule has 8 nitrogen and oxygen atoms in total. The number of nitrogens with one attached hydrogen (secondary N) is 1. The predicted octanol–water partition coefficient (Wildman–Crippen LogP) is 4.40. The smallest absolute Gasteiger partial charge is 0.244 e. The highest BCUT2D eigenvalue weighted by atomic mass is 32.2. The van der Waals surface area contributed by atoms with Gasteiger partial charge in [0.25, 0.3) is 0 Å². The molecular formula is C25H30N4O4S2. The number of hydrogen-bond donors (Lipinski definition) is 1. The van der Waals surface area contributed by atoms with Crippen LogP contribution in [-0.2, 0) is 21.4 Å². The van der Waals surface area contributed by atoms with Crippen LogP contribution in [0.2, 0.25) is 0 Å². The molecule has 0 bridgehead atoms. The molecule has 35 heavy (non-hydrogen) atoms. The van der Waals surface area contributed by atoms with Crippen LogP contribution >= 0.6 is 11.3 Å². The Hall–Kier alpha value is -2.56. The molecule has 0 radical (unpaired) electrons. The Morgan fingerprint density at radius 2 is 1.94 bits per heavy atom. The summed E-state index contributed by atoms with van der Waals surface area (Å²) in [6, 6.07) is 9.64. The van der Waals surface area contributed by atoms with Crippen molar-refractivity contribution in [1.29, 1.82) is 0 Å². The van der Waals surface area contributed by atoms with Gasteiger partial charge >= 0.3 is 0 Å². The van der Waals surface area contributed by atoms with Gasteiger partial charge in [-0.05, 0) is 51.2 Å². The Bertz CT molecular complexity index is 1310. The van der Waals surface area contributed by atoms with Crippen molar-refractivity contribution in [3.05, 3.63) is 52.2 Å². The molecule has 186 valence electrons. The third-order valence-electron chi connectivity index (χ3n) is 6.95. The van der Waals surface area contributed by atoms with E-state index in [9.17, 15) is 13.2 Å². The number of carbonyl (C=O) groups is 1. The fourth-order valence-corrected chi connectivity index (χ4v) is 7.55. The molecule has 1 atom stereocenters. The third-order valence-corrected chi connectivity index (χ3v) is 10.1. The summed E-state index contributed by atoms with van der Waals surface area (Å²) in [6.07, 6.45) is 4.60. The number of thiophene rings is 1. The lowest BCUT2D eigenvalue weighted by molar-refractivity contribution is -0.126. The van der Waals surface area contributed by atoms with Crippen LogP contribution in [0, 0.1) is 19.8 Å². The molecule has 1 aromatic carbocycles. The van der Waals surface area contributed by atoms with Gasteiger partial charge in [-0.25, -0.2) is 8.42 Å². The van der Waals surface area contributed by atoms with Gasteiger partial charge in [-0.2, -0.15) is 9.29 Å². The fourth-order valence-electron chi connectivity index (χ4n) is 4.54. The van der Waals surface area contributed by atoms with E-state index in [0.717, 1.165) is 18.4 Å². The van der Waals surface area contributed by atoms with E-state index in [4.69, 9.17) is 4.52 Å². The van der Waals surface area contributed by atoms with Crippen molar-refractivity contribution < 1.29 is 17.7 Å². The van der Waals surface area contributed by atoms with Gasteiger partial charge in [0.05, 0.1) is 15.7 Å². The highest BCUT2D eigenvalue weighted by molar-refractivity contribution is 7.89. The molecule has 1 unspecified atom stereocenters. The molecule has 1 amide bonds. The van der Waals surface area contributed by atoms with Gasteiger partial charge in [0.15, 0.2) is 0 Å². The molecule has 1 saturated heterocycles. The Labute approximate surface area is 209 Å². The maximum atomic E-state index is 13.5. The average molecular weight is 515 g/mol. The zero-order valence-corrected chi connectivity index (χ0v) is 21.6. The quantitative estimate of drug-likeness (QED) is 0.501. The van der Waals surface area contributed by atoms with Crippen LogP contribution in [-0.4, -0.2) is 41.9 Å². The lowest BCUT2D eigenvalue weighted by Gasteiger charge is -2.31. The predicted molar refractivity (Wildman–Crippen MR) is 133 cm³/mol. The van der Waals surface area contributed by atoms with Crippen LogP contribution in [0.1, 0.15) is 59.9 Å². The molecule has 3 aromatic rings. The molecule has 1 saturated carbocycles. The average Bonchev–Trinajstić information content (AvgIpc) is 3.44. The highest BCUT2D eigenvalue weighted by Gasteiger charge is 2.35.